The van der Waals surface area contributed by atoms with E-state index in [4.69, 9.17) is 28.3 Å². The van der Waals surface area contributed by atoms with E-state index >= 15 is 0 Å². The molecule has 0 bridgehead atoms. The molecule has 0 saturated carbocycles. The monoisotopic (exact) mass is 337 g/mol. The van der Waals surface area contributed by atoms with Crippen molar-refractivity contribution in [3.8, 4) is 11.3 Å². The first-order chi connectivity index (χ1) is 8.97. The third kappa shape index (κ3) is 3.60. The van der Waals surface area contributed by atoms with Crippen molar-refractivity contribution < 1.29 is 14.3 Å². The van der Waals surface area contributed by atoms with Crippen LogP contribution in [0.4, 0.5) is 4.39 Å². The average Bonchev–Trinajstić information content (AvgIpc) is 2.80. The van der Waals surface area contributed by atoms with E-state index < -0.39 is 11.8 Å². The Morgan fingerprint density at radius 3 is 2.84 bits per heavy atom. The molecule has 8 heteroatoms. The van der Waals surface area contributed by atoms with Crippen molar-refractivity contribution in [1.82, 2.24) is 4.98 Å². The Kier molecular flexibility index (Phi) is 4.67. The van der Waals surface area contributed by atoms with Crippen molar-refractivity contribution in [2.75, 3.05) is 5.75 Å². The van der Waals surface area contributed by atoms with Crippen LogP contribution in [0.25, 0.3) is 11.3 Å². The number of hydrogen-bond donors (Lipinski definition) is 1. The van der Waals surface area contributed by atoms with E-state index in [1.165, 1.54) is 23.5 Å². The molecule has 0 radical (unpaired) electrons. The number of carboxylic acids is 1. The smallest absolute Gasteiger partial charge is 0.313 e. The average molecular weight is 338 g/mol. The molecule has 1 aromatic carbocycles. The number of rotatable bonds is 4. The lowest BCUT2D eigenvalue weighted by Gasteiger charge is -2.02. The second-order valence-electron chi connectivity index (χ2n) is 3.43. The Hall–Kier alpha value is -0.820. The van der Waals surface area contributed by atoms with Crippen LogP contribution < -0.4 is 0 Å². The van der Waals surface area contributed by atoms with Gasteiger partial charge < -0.3 is 5.11 Å². The van der Waals surface area contributed by atoms with Gasteiger partial charge in [-0.2, -0.15) is 0 Å². The summed E-state index contributed by atoms with van der Waals surface area (Å²) < 4.78 is 14.0. The van der Waals surface area contributed by atoms with Crippen molar-refractivity contribution in [3.63, 3.8) is 0 Å². The van der Waals surface area contributed by atoms with Gasteiger partial charge >= 0.3 is 5.97 Å². The Balaban J connectivity index is 2.27. The van der Waals surface area contributed by atoms with Crippen molar-refractivity contribution in [2.45, 2.75) is 4.34 Å². The summed E-state index contributed by atoms with van der Waals surface area (Å²) >= 11 is 14.0. The van der Waals surface area contributed by atoms with E-state index in [1.807, 2.05) is 0 Å². The lowest BCUT2D eigenvalue weighted by molar-refractivity contribution is -0.133. The molecule has 19 heavy (non-hydrogen) atoms. The zero-order chi connectivity index (χ0) is 14.0. The number of carbonyl (C=O) groups is 1. The molecule has 0 aliphatic heterocycles. The molecular formula is C11H6Cl2FNO2S2. The highest BCUT2D eigenvalue weighted by Crippen LogP contribution is 2.34. The van der Waals surface area contributed by atoms with E-state index in [1.54, 1.807) is 5.38 Å². The molecule has 0 amide bonds. The zero-order valence-corrected chi connectivity index (χ0v) is 12.3. The van der Waals surface area contributed by atoms with Crippen LogP contribution >= 0.6 is 46.3 Å². The Labute approximate surface area is 126 Å². The molecule has 0 fully saturated rings. The van der Waals surface area contributed by atoms with Gasteiger partial charge in [0.05, 0.1) is 21.5 Å². The van der Waals surface area contributed by atoms with Gasteiger partial charge in [-0.05, 0) is 12.1 Å². The van der Waals surface area contributed by atoms with Crippen LogP contribution in [-0.4, -0.2) is 21.8 Å². The lowest BCUT2D eigenvalue weighted by atomic mass is 10.2. The molecule has 1 N–H and O–H groups in total. The number of thiazole rings is 1. The molecule has 3 nitrogen and oxygen atoms in total. The summed E-state index contributed by atoms with van der Waals surface area (Å²) in [6, 6.07) is 2.53. The SMILES string of the molecule is O=C(O)CSc1nc(-c2cc(F)c(Cl)cc2Cl)cs1. The van der Waals surface area contributed by atoms with Gasteiger partial charge in [0, 0.05) is 10.9 Å². The number of halogens is 3. The molecule has 100 valence electrons. The quantitative estimate of drug-likeness (QED) is 0.662. The van der Waals surface area contributed by atoms with Gasteiger partial charge in [0.2, 0.25) is 0 Å². The normalized spacial score (nSPS) is 10.7. The fourth-order valence-electron chi connectivity index (χ4n) is 1.29. The zero-order valence-electron chi connectivity index (χ0n) is 9.19. The Morgan fingerprint density at radius 2 is 2.16 bits per heavy atom. The van der Waals surface area contributed by atoms with E-state index in [0.717, 1.165) is 11.8 Å². The summed E-state index contributed by atoms with van der Waals surface area (Å²) in [7, 11) is 0. The van der Waals surface area contributed by atoms with Gasteiger partial charge in [0.1, 0.15) is 5.82 Å². The Bertz CT molecular complexity index is 633. The molecule has 2 aromatic rings. The van der Waals surface area contributed by atoms with Gasteiger partial charge in [-0.3, -0.25) is 4.79 Å². The van der Waals surface area contributed by atoms with E-state index in [0.29, 0.717) is 20.6 Å². The first kappa shape index (κ1) is 14.6. The summed E-state index contributed by atoms with van der Waals surface area (Å²) in [5, 5.41) is 10.5. The minimum atomic E-state index is -0.919. The molecule has 0 aliphatic rings. The predicted octanol–water partition coefficient (Wildman–Crippen LogP) is 4.43. The largest absolute Gasteiger partial charge is 0.481 e. The highest BCUT2D eigenvalue weighted by Gasteiger charge is 2.13. The minimum absolute atomic E-state index is 0.0514. The fraction of sp³-hybridized carbons (Fsp3) is 0.0909. The summed E-state index contributed by atoms with van der Waals surface area (Å²) in [5.74, 6) is -1.57. The number of aliphatic carboxylic acids is 1. The van der Waals surface area contributed by atoms with E-state index in [9.17, 15) is 9.18 Å². The number of hydrogen-bond acceptors (Lipinski definition) is 4. The molecule has 0 spiro atoms. The number of thioether (sulfide) groups is 1. The first-order valence-electron chi connectivity index (χ1n) is 4.92. The number of carboxylic acid groups (broad SMARTS) is 1. The van der Waals surface area contributed by atoms with Gasteiger partial charge in [-0.1, -0.05) is 35.0 Å². The molecule has 0 unspecified atom stereocenters. The van der Waals surface area contributed by atoms with E-state index in [-0.39, 0.29) is 10.8 Å². The molecule has 0 aliphatic carbocycles. The van der Waals surface area contributed by atoms with Crippen molar-refractivity contribution in [3.05, 3.63) is 33.4 Å². The van der Waals surface area contributed by atoms with E-state index in [2.05, 4.69) is 4.98 Å². The van der Waals surface area contributed by atoms with Crippen LogP contribution in [0.15, 0.2) is 21.9 Å². The molecule has 0 atom stereocenters. The first-order valence-corrected chi connectivity index (χ1v) is 7.54. The van der Waals surface area contributed by atoms with Crippen LogP contribution in [0.5, 0.6) is 0 Å². The summed E-state index contributed by atoms with van der Waals surface area (Å²) in [6.07, 6.45) is 0. The fourth-order valence-corrected chi connectivity index (χ4v) is 3.32. The summed E-state index contributed by atoms with van der Waals surface area (Å²) in [6.45, 7) is 0. The van der Waals surface area contributed by atoms with Crippen LogP contribution in [0.3, 0.4) is 0 Å². The lowest BCUT2D eigenvalue weighted by Crippen LogP contribution is -1.97. The highest BCUT2D eigenvalue weighted by atomic mass is 35.5. The summed E-state index contributed by atoms with van der Waals surface area (Å²) in [5.41, 5.74) is 0.931. The Morgan fingerprint density at radius 1 is 1.42 bits per heavy atom. The predicted molar refractivity (Wildman–Crippen MR) is 75.9 cm³/mol. The highest BCUT2D eigenvalue weighted by molar-refractivity contribution is 8.01. The van der Waals surface area contributed by atoms with Crippen LogP contribution in [-0.2, 0) is 4.79 Å². The molecule has 1 aromatic heterocycles. The molecule has 1 heterocycles. The van der Waals surface area contributed by atoms with Crippen molar-refractivity contribution >= 4 is 52.3 Å². The van der Waals surface area contributed by atoms with Gasteiger partial charge in [-0.15, -0.1) is 11.3 Å². The van der Waals surface area contributed by atoms with Crippen LogP contribution in [0, 0.1) is 5.82 Å². The third-order valence-corrected chi connectivity index (χ3v) is 4.70. The third-order valence-electron chi connectivity index (χ3n) is 2.09. The summed E-state index contributed by atoms with van der Waals surface area (Å²) in [4.78, 5) is 14.7. The molecular weight excluding hydrogens is 332 g/mol. The minimum Gasteiger partial charge on any atom is -0.481 e. The number of aromatic nitrogens is 1. The van der Waals surface area contributed by atoms with Gasteiger partial charge in [0.15, 0.2) is 4.34 Å². The molecule has 2 rings (SSSR count). The van der Waals surface area contributed by atoms with Gasteiger partial charge in [-0.25, -0.2) is 9.37 Å². The second kappa shape index (κ2) is 6.09. The topological polar surface area (TPSA) is 50.2 Å². The maximum atomic E-state index is 13.4. The number of nitrogens with zero attached hydrogens (tertiary/aromatic N) is 1. The maximum Gasteiger partial charge on any atom is 0.313 e. The van der Waals surface area contributed by atoms with Crippen molar-refractivity contribution in [2.24, 2.45) is 0 Å². The van der Waals surface area contributed by atoms with Gasteiger partial charge in [0.25, 0.3) is 0 Å². The van der Waals surface area contributed by atoms with Crippen LogP contribution in [0.1, 0.15) is 0 Å². The molecule has 0 saturated heterocycles. The number of benzene rings is 1. The maximum absolute atomic E-state index is 13.4. The second-order valence-corrected chi connectivity index (χ2v) is 6.32. The standard InChI is InChI=1S/C11H6Cl2FNO2S2/c12-6-2-7(13)8(14)1-5(6)9-3-18-11(15-9)19-4-10(16)17/h1-3H,4H2,(H,16,17). The van der Waals surface area contributed by atoms with Crippen LogP contribution in [0.2, 0.25) is 10.0 Å². The van der Waals surface area contributed by atoms with Crippen molar-refractivity contribution in [1.29, 1.82) is 0 Å².